The van der Waals surface area contributed by atoms with Gasteiger partial charge in [-0.3, -0.25) is 14.6 Å². The average molecular weight is 290 g/mol. The Morgan fingerprint density at radius 3 is 2.29 bits per heavy atom. The number of hydrogen-bond acceptors (Lipinski definition) is 7. The quantitative estimate of drug-likeness (QED) is 0.357. The van der Waals surface area contributed by atoms with Crippen molar-refractivity contribution < 1.29 is 5.11 Å². The van der Waals surface area contributed by atoms with E-state index in [0.717, 1.165) is 5.56 Å². The smallest absolute Gasteiger partial charge is 0.253 e. The van der Waals surface area contributed by atoms with E-state index in [-0.39, 0.29) is 6.61 Å². The van der Waals surface area contributed by atoms with Gasteiger partial charge in [-0.15, -0.1) is 0 Å². The van der Waals surface area contributed by atoms with Crippen LogP contribution >= 0.6 is 0 Å². The maximum Gasteiger partial charge on any atom is 0.253 e. The van der Waals surface area contributed by atoms with Crippen LogP contribution in [0.1, 0.15) is 5.56 Å². The van der Waals surface area contributed by atoms with Gasteiger partial charge in [-0.05, 0) is 17.7 Å². The fourth-order valence-corrected chi connectivity index (χ4v) is 1.90. The summed E-state index contributed by atoms with van der Waals surface area (Å²) in [7, 11) is 0. The molecule has 0 atom stereocenters. The minimum absolute atomic E-state index is 0.0683. The average Bonchev–Trinajstić information content (AvgIpc) is 2.53. The van der Waals surface area contributed by atoms with E-state index in [0.29, 0.717) is 37.6 Å². The molecule has 0 aliphatic carbocycles. The van der Waals surface area contributed by atoms with Gasteiger partial charge < -0.3 is 21.1 Å². The van der Waals surface area contributed by atoms with Gasteiger partial charge in [0.15, 0.2) is 0 Å². The van der Waals surface area contributed by atoms with Gasteiger partial charge in [0, 0.05) is 38.6 Å². The van der Waals surface area contributed by atoms with Gasteiger partial charge in [0.25, 0.3) is 10.9 Å². The zero-order valence-corrected chi connectivity index (χ0v) is 11.6. The SMILES string of the molecule is O=c1c(NCCNCCO)c(NCc2ccncc2)c1=O. The molecule has 21 heavy (non-hydrogen) atoms. The number of hydrogen-bond donors (Lipinski definition) is 4. The number of aliphatic hydroxyl groups is 1. The van der Waals surface area contributed by atoms with Crippen LogP contribution in [-0.2, 0) is 6.54 Å². The summed E-state index contributed by atoms with van der Waals surface area (Å²) in [4.78, 5) is 27.0. The van der Waals surface area contributed by atoms with Crippen LogP contribution < -0.4 is 26.8 Å². The third-order valence-electron chi connectivity index (χ3n) is 3.02. The maximum atomic E-state index is 11.6. The number of rotatable bonds is 9. The number of nitrogens with one attached hydrogen (secondary N) is 3. The largest absolute Gasteiger partial charge is 0.395 e. The third kappa shape index (κ3) is 3.87. The summed E-state index contributed by atoms with van der Waals surface area (Å²) in [6, 6.07) is 3.68. The number of pyridine rings is 1. The summed E-state index contributed by atoms with van der Waals surface area (Å²) in [5, 5.41) is 17.5. The number of nitrogens with zero attached hydrogens (tertiary/aromatic N) is 1. The monoisotopic (exact) mass is 290 g/mol. The van der Waals surface area contributed by atoms with Crippen molar-refractivity contribution in [2.24, 2.45) is 0 Å². The Kier molecular flexibility index (Phi) is 5.42. The first-order valence-electron chi connectivity index (χ1n) is 6.75. The van der Waals surface area contributed by atoms with Crippen molar-refractivity contribution in [3.05, 3.63) is 50.5 Å². The molecule has 0 aliphatic heterocycles. The lowest BCUT2D eigenvalue weighted by Gasteiger charge is -2.15. The first-order valence-corrected chi connectivity index (χ1v) is 6.75. The Labute approximate surface area is 121 Å². The molecule has 7 heteroatoms. The molecular formula is C14H18N4O3. The summed E-state index contributed by atoms with van der Waals surface area (Å²) >= 11 is 0. The molecule has 0 bridgehead atoms. The summed E-state index contributed by atoms with van der Waals surface area (Å²) in [6.45, 7) is 2.14. The Balaban J connectivity index is 1.87. The van der Waals surface area contributed by atoms with Crippen molar-refractivity contribution in [3.63, 3.8) is 0 Å². The molecule has 7 nitrogen and oxygen atoms in total. The summed E-state index contributed by atoms with van der Waals surface area (Å²) < 4.78 is 0. The fourth-order valence-electron chi connectivity index (χ4n) is 1.90. The van der Waals surface area contributed by atoms with Gasteiger partial charge >= 0.3 is 0 Å². The highest BCUT2D eigenvalue weighted by atomic mass is 16.3. The van der Waals surface area contributed by atoms with Gasteiger partial charge in [0.2, 0.25) is 0 Å². The molecular weight excluding hydrogens is 272 g/mol. The predicted octanol–water partition coefficient (Wildman–Crippen LogP) is -0.716. The molecule has 0 spiro atoms. The van der Waals surface area contributed by atoms with Crippen LogP contribution in [-0.4, -0.2) is 36.3 Å². The minimum Gasteiger partial charge on any atom is -0.395 e. The molecule has 0 radical (unpaired) electrons. The minimum atomic E-state index is -0.491. The molecule has 112 valence electrons. The third-order valence-corrected chi connectivity index (χ3v) is 3.02. The van der Waals surface area contributed by atoms with E-state index in [9.17, 15) is 9.59 Å². The number of aromatic nitrogens is 1. The van der Waals surface area contributed by atoms with E-state index in [1.807, 2.05) is 12.1 Å². The molecule has 0 amide bonds. The molecule has 1 aromatic heterocycles. The second-order valence-corrected chi connectivity index (χ2v) is 4.52. The summed E-state index contributed by atoms with van der Waals surface area (Å²) in [5.74, 6) is 0. The Bertz CT molecular complexity index is 635. The summed E-state index contributed by atoms with van der Waals surface area (Å²) in [6.07, 6.45) is 3.34. The fraction of sp³-hybridized carbons (Fsp3) is 0.357. The Hall–Kier alpha value is -2.25. The normalized spacial score (nSPS) is 10.7. The lowest BCUT2D eigenvalue weighted by Crippen LogP contribution is -2.38. The summed E-state index contributed by atoms with van der Waals surface area (Å²) in [5.41, 5.74) is 0.664. The number of anilines is 2. The first kappa shape index (κ1) is 15.1. The molecule has 1 aromatic carbocycles. The van der Waals surface area contributed by atoms with Gasteiger partial charge in [-0.25, -0.2) is 0 Å². The van der Waals surface area contributed by atoms with Crippen molar-refractivity contribution >= 4 is 11.4 Å². The lowest BCUT2D eigenvalue weighted by molar-refractivity contribution is 0.293. The van der Waals surface area contributed by atoms with Gasteiger partial charge in [-0.1, -0.05) is 0 Å². The number of aliphatic hydroxyl groups excluding tert-OH is 1. The van der Waals surface area contributed by atoms with Crippen molar-refractivity contribution in [3.8, 4) is 0 Å². The van der Waals surface area contributed by atoms with Crippen molar-refractivity contribution in [1.82, 2.24) is 10.3 Å². The van der Waals surface area contributed by atoms with Crippen molar-refractivity contribution in [2.75, 3.05) is 36.9 Å². The topological polar surface area (TPSA) is 103 Å². The molecule has 1 heterocycles. The van der Waals surface area contributed by atoms with Gasteiger partial charge in [-0.2, -0.15) is 0 Å². The van der Waals surface area contributed by atoms with Crippen LogP contribution in [0.5, 0.6) is 0 Å². The molecule has 0 saturated carbocycles. The van der Waals surface area contributed by atoms with E-state index < -0.39 is 10.9 Å². The van der Waals surface area contributed by atoms with Crippen LogP contribution in [0, 0.1) is 0 Å². The zero-order chi connectivity index (χ0) is 15.1. The van der Waals surface area contributed by atoms with Crippen LogP contribution in [0.15, 0.2) is 34.1 Å². The highest BCUT2D eigenvalue weighted by Crippen LogP contribution is 2.14. The highest BCUT2D eigenvalue weighted by molar-refractivity contribution is 5.73. The van der Waals surface area contributed by atoms with Crippen LogP contribution in [0.2, 0.25) is 0 Å². The standard InChI is InChI=1S/C14H18N4O3/c19-8-7-16-5-6-17-11-12(14(21)13(11)20)18-9-10-1-3-15-4-2-10/h1-4,16-19H,5-9H2. The van der Waals surface area contributed by atoms with E-state index in [4.69, 9.17) is 5.11 Å². The lowest BCUT2D eigenvalue weighted by atomic mass is 10.1. The molecule has 4 N–H and O–H groups in total. The maximum absolute atomic E-state index is 11.6. The van der Waals surface area contributed by atoms with Crippen LogP contribution in [0.4, 0.5) is 11.4 Å². The van der Waals surface area contributed by atoms with Crippen LogP contribution in [0.3, 0.4) is 0 Å². The van der Waals surface area contributed by atoms with Gasteiger partial charge in [0.1, 0.15) is 11.4 Å². The second-order valence-electron chi connectivity index (χ2n) is 4.52. The molecule has 0 saturated heterocycles. The van der Waals surface area contributed by atoms with Crippen molar-refractivity contribution in [1.29, 1.82) is 0 Å². The Morgan fingerprint density at radius 2 is 1.62 bits per heavy atom. The molecule has 2 aromatic rings. The van der Waals surface area contributed by atoms with E-state index in [2.05, 4.69) is 20.9 Å². The molecule has 2 rings (SSSR count). The Morgan fingerprint density at radius 1 is 0.952 bits per heavy atom. The van der Waals surface area contributed by atoms with E-state index >= 15 is 0 Å². The van der Waals surface area contributed by atoms with E-state index in [1.165, 1.54) is 0 Å². The molecule has 0 aliphatic rings. The van der Waals surface area contributed by atoms with Crippen LogP contribution in [0.25, 0.3) is 0 Å². The van der Waals surface area contributed by atoms with E-state index in [1.54, 1.807) is 12.4 Å². The highest BCUT2D eigenvalue weighted by Gasteiger charge is 2.19. The first-order chi connectivity index (χ1) is 10.2. The van der Waals surface area contributed by atoms with Crippen molar-refractivity contribution in [2.45, 2.75) is 6.54 Å². The molecule has 0 fully saturated rings. The zero-order valence-electron chi connectivity index (χ0n) is 11.6. The van der Waals surface area contributed by atoms with Gasteiger partial charge in [0.05, 0.1) is 6.61 Å². The predicted molar refractivity (Wildman–Crippen MR) is 81.4 cm³/mol. The molecule has 0 unspecified atom stereocenters. The second kappa shape index (κ2) is 7.51.